The first-order valence-electron chi connectivity index (χ1n) is 7.48. The lowest BCUT2D eigenvalue weighted by Gasteiger charge is -2.04. The van der Waals surface area contributed by atoms with Gasteiger partial charge in [-0.3, -0.25) is 9.48 Å². The molecule has 0 aliphatic rings. The summed E-state index contributed by atoms with van der Waals surface area (Å²) in [5.41, 5.74) is 0.671. The molecular formula is C17H17N3O2S2. The molecule has 0 aliphatic heterocycles. The fourth-order valence-corrected chi connectivity index (χ4v) is 3.58. The van der Waals surface area contributed by atoms with Gasteiger partial charge >= 0.3 is 0 Å². The van der Waals surface area contributed by atoms with E-state index in [0.29, 0.717) is 28.8 Å². The maximum absolute atomic E-state index is 12.3. The number of thiophene rings is 1. The van der Waals surface area contributed by atoms with E-state index in [1.807, 2.05) is 42.8 Å². The van der Waals surface area contributed by atoms with Crippen molar-refractivity contribution in [2.24, 2.45) is 0 Å². The quantitative estimate of drug-likeness (QED) is 0.637. The maximum atomic E-state index is 12.3. The van der Waals surface area contributed by atoms with Crippen molar-refractivity contribution in [3.05, 3.63) is 59.0 Å². The van der Waals surface area contributed by atoms with E-state index in [1.165, 1.54) is 16.2 Å². The van der Waals surface area contributed by atoms with E-state index in [2.05, 4.69) is 22.5 Å². The summed E-state index contributed by atoms with van der Waals surface area (Å²) in [5.74, 6) is 1.12. The van der Waals surface area contributed by atoms with Crippen LogP contribution in [-0.2, 0) is 5.88 Å². The molecule has 0 atom stereocenters. The van der Waals surface area contributed by atoms with E-state index >= 15 is 0 Å². The molecule has 1 aromatic carbocycles. The zero-order valence-electron chi connectivity index (χ0n) is 13.1. The van der Waals surface area contributed by atoms with Crippen LogP contribution in [0.1, 0.15) is 16.6 Å². The number of rotatable bonds is 7. The molecule has 24 heavy (non-hydrogen) atoms. The molecule has 2 heterocycles. The van der Waals surface area contributed by atoms with Crippen LogP contribution in [0.2, 0.25) is 0 Å². The van der Waals surface area contributed by atoms with Gasteiger partial charge in [0, 0.05) is 11.1 Å². The van der Waals surface area contributed by atoms with Crippen molar-refractivity contribution in [1.29, 1.82) is 0 Å². The highest BCUT2D eigenvalue weighted by atomic mass is 32.2. The Kier molecular flexibility index (Phi) is 5.55. The molecule has 1 N–H and O–H groups in total. The molecule has 1 amide bonds. The monoisotopic (exact) mass is 359 g/mol. The highest BCUT2D eigenvalue weighted by Gasteiger charge is 2.15. The Labute approximate surface area is 148 Å². The van der Waals surface area contributed by atoms with Crippen molar-refractivity contribution >= 4 is 34.7 Å². The third kappa shape index (κ3) is 4.18. The van der Waals surface area contributed by atoms with Crippen molar-refractivity contribution in [1.82, 2.24) is 9.78 Å². The zero-order chi connectivity index (χ0) is 16.8. The summed E-state index contributed by atoms with van der Waals surface area (Å²) in [6, 6.07) is 11.9. The molecule has 0 saturated heterocycles. The highest BCUT2D eigenvalue weighted by Crippen LogP contribution is 2.26. The summed E-state index contributed by atoms with van der Waals surface area (Å²) in [6.07, 6.45) is 3.47. The van der Waals surface area contributed by atoms with Crippen molar-refractivity contribution < 1.29 is 9.53 Å². The molecule has 0 bridgehead atoms. The van der Waals surface area contributed by atoms with Crippen LogP contribution < -0.4 is 10.1 Å². The Bertz CT molecular complexity index is 799. The van der Waals surface area contributed by atoms with Crippen molar-refractivity contribution in [2.45, 2.75) is 17.7 Å². The fourth-order valence-electron chi connectivity index (χ4n) is 2.08. The predicted octanol–water partition coefficient (Wildman–Crippen LogP) is 4.35. The number of carbonyl (C=O) groups is 1. The second-order valence-corrected chi connectivity index (χ2v) is 6.79. The average molecular weight is 359 g/mol. The van der Waals surface area contributed by atoms with E-state index in [4.69, 9.17) is 4.74 Å². The second-order valence-electron chi connectivity index (χ2n) is 4.86. The van der Waals surface area contributed by atoms with Gasteiger partial charge in [0.1, 0.15) is 10.6 Å². The summed E-state index contributed by atoms with van der Waals surface area (Å²) in [6.45, 7) is 2.43. The number of hydrogen-bond acceptors (Lipinski definition) is 5. The lowest BCUT2D eigenvalue weighted by atomic mass is 10.4. The molecule has 0 aliphatic carbocycles. The lowest BCUT2D eigenvalue weighted by molar-refractivity contribution is 0.102. The van der Waals surface area contributed by atoms with Crippen molar-refractivity contribution in [3.63, 3.8) is 0 Å². The van der Waals surface area contributed by atoms with Gasteiger partial charge in [-0.1, -0.05) is 18.2 Å². The van der Waals surface area contributed by atoms with E-state index < -0.39 is 0 Å². The Morgan fingerprint density at radius 3 is 2.96 bits per heavy atom. The molecule has 0 unspecified atom stereocenters. The standard InChI is InChI=1S/C17H17N3O2S2/c1-2-22-15-8-9-23-16(15)17(21)19-13-10-18-20(11-13)12-24-14-6-4-3-5-7-14/h3-11H,2,12H2,1H3,(H,19,21). The first-order valence-corrected chi connectivity index (χ1v) is 9.34. The minimum absolute atomic E-state index is 0.177. The Morgan fingerprint density at radius 2 is 2.17 bits per heavy atom. The van der Waals surface area contributed by atoms with E-state index in [0.717, 1.165) is 0 Å². The third-order valence-electron chi connectivity index (χ3n) is 3.13. The molecule has 0 fully saturated rings. The van der Waals surface area contributed by atoms with Gasteiger partial charge in [0.25, 0.3) is 5.91 Å². The minimum atomic E-state index is -0.177. The summed E-state index contributed by atoms with van der Waals surface area (Å²) >= 11 is 3.05. The second kappa shape index (κ2) is 8.03. The van der Waals surface area contributed by atoms with Crippen LogP contribution in [0.3, 0.4) is 0 Å². The molecule has 3 rings (SSSR count). The maximum Gasteiger partial charge on any atom is 0.269 e. The van der Waals surface area contributed by atoms with Gasteiger partial charge in [-0.15, -0.1) is 23.1 Å². The van der Waals surface area contributed by atoms with Crippen LogP contribution in [0.15, 0.2) is 59.1 Å². The number of aromatic nitrogens is 2. The normalized spacial score (nSPS) is 10.5. The van der Waals surface area contributed by atoms with Crippen LogP contribution >= 0.6 is 23.1 Å². The lowest BCUT2D eigenvalue weighted by Crippen LogP contribution is -2.11. The van der Waals surface area contributed by atoms with E-state index in [-0.39, 0.29) is 5.91 Å². The van der Waals surface area contributed by atoms with E-state index in [9.17, 15) is 4.79 Å². The average Bonchev–Trinajstić information content (AvgIpc) is 3.24. The highest BCUT2D eigenvalue weighted by molar-refractivity contribution is 7.98. The van der Waals surface area contributed by atoms with Gasteiger partial charge < -0.3 is 10.1 Å². The van der Waals surface area contributed by atoms with Gasteiger partial charge in [-0.2, -0.15) is 5.10 Å². The SMILES string of the molecule is CCOc1ccsc1C(=O)Nc1cnn(CSc2ccccc2)c1. The number of nitrogens with one attached hydrogen (secondary N) is 1. The largest absolute Gasteiger partial charge is 0.492 e. The Balaban J connectivity index is 1.59. The molecule has 2 aromatic heterocycles. The fraction of sp³-hybridized carbons (Fsp3) is 0.176. The number of thioether (sulfide) groups is 1. The Morgan fingerprint density at radius 1 is 1.33 bits per heavy atom. The topological polar surface area (TPSA) is 56.1 Å². The Hall–Kier alpha value is -2.25. The summed E-state index contributed by atoms with van der Waals surface area (Å²) in [5, 5.41) is 8.99. The van der Waals surface area contributed by atoms with Gasteiger partial charge in [0.05, 0.1) is 24.4 Å². The molecule has 3 aromatic rings. The molecule has 5 nitrogen and oxygen atoms in total. The minimum Gasteiger partial charge on any atom is -0.492 e. The number of benzene rings is 1. The van der Waals surface area contributed by atoms with Gasteiger partial charge in [-0.25, -0.2) is 0 Å². The number of amides is 1. The number of ether oxygens (including phenoxy) is 1. The first-order chi connectivity index (χ1) is 11.8. The van der Waals surface area contributed by atoms with Gasteiger partial charge in [0.15, 0.2) is 0 Å². The molecule has 124 valence electrons. The molecule has 7 heteroatoms. The van der Waals surface area contributed by atoms with Crippen molar-refractivity contribution in [2.75, 3.05) is 11.9 Å². The molecule has 0 radical (unpaired) electrons. The summed E-state index contributed by atoms with van der Waals surface area (Å²) < 4.78 is 7.25. The van der Waals surface area contributed by atoms with Gasteiger partial charge in [-0.05, 0) is 30.5 Å². The number of nitrogens with zero attached hydrogens (tertiary/aromatic N) is 2. The van der Waals surface area contributed by atoms with E-state index in [1.54, 1.807) is 22.6 Å². The number of anilines is 1. The smallest absolute Gasteiger partial charge is 0.269 e. The zero-order valence-corrected chi connectivity index (χ0v) is 14.8. The van der Waals surface area contributed by atoms with Crippen LogP contribution in [0.25, 0.3) is 0 Å². The molecular weight excluding hydrogens is 342 g/mol. The summed E-state index contributed by atoms with van der Waals surface area (Å²) in [4.78, 5) is 14.1. The number of hydrogen-bond donors (Lipinski definition) is 1. The van der Waals surface area contributed by atoms with Crippen molar-refractivity contribution in [3.8, 4) is 5.75 Å². The molecule has 0 saturated carbocycles. The first kappa shape index (κ1) is 16.6. The van der Waals surface area contributed by atoms with Crippen LogP contribution in [0.4, 0.5) is 5.69 Å². The predicted molar refractivity (Wildman–Crippen MR) is 98.0 cm³/mol. The van der Waals surface area contributed by atoms with Gasteiger partial charge in [0.2, 0.25) is 0 Å². The van der Waals surface area contributed by atoms with Crippen LogP contribution in [-0.4, -0.2) is 22.3 Å². The van der Waals surface area contributed by atoms with Crippen LogP contribution in [0.5, 0.6) is 5.75 Å². The summed E-state index contributed by atoms with van der Waals surface area (Å²) in [7, 11) is 0. The van der Waals surface area contributed by atoms with Crippen LogP contribution in [0, 0.1) is 0 Å². The third-order valence-corrected chi connectivity index (χ3v) is 5.03. The molecule has 0 spiro atoms. The number of carbonyl (C=O) groups excluding carboxylic acids is 1.